The molecular formula is C16H26N2O4. The van der Waals surface area contributed by atoms with E-state index in [1.54, 1.807) is 0 Å². The molecule has 0 aromatic carbocycles. The molecule has 1 saturated heterocycles. The van der Waals surface area contributed by atoms with E-state index in [1.807, 2.05) is 11.8 Å². The van der Waals surface area contributed by atoms with E-state index in [-0.39, 0.29) is 24.3 Å². The number of aliphatic carboxylic acids is 1. The van der Waals surface area contributed by atoms with Crippen LogP contribution in [0.15, 0.2) is 0 Å². The van der Waals surface area contributed by atoms with Gasteiger partial charge in [-0.1, -0.05) is 26.2 Å². The van der Waals surface area contributed by atoms with Crippen LogP contribution < -0.4 is 5.32 Å². The lowest BCUT2D eigenvalue weighted by atomic mass is 9.94. The third-order valence-corrected chi connectivity index (χ3v) is 4.92. The van der Waals surface area contributed by atoms with Crippen molar-refractivity contribution in [2.45, 2.75) is 70.4 Å². The van der Waals surface area contributed by atoms with Gasteiger partial charge in [-0.05, 0) is 26.2 Å². The summed E-state index contributed by atoms with van der Waals surface area (Å²) >= 11 is 0. The van der Waals surface area contributed by atoms with Crippen molar-refractivity contribution in [1.82, 2.24) is 10.2 Å². The molecule has 0 aromatic heterocycles. The van der Waals surface area contributed by atoms with Crippen LogP contribution >= 0.6 is 0 Å². The lowest BCUT2D eigenvalue weighted by Gasteiger charge is -2.28. The van der Waals surface area contributed by atoms with Crippen molar-refractivity contribution < 1.29 is 19.5 Å². The maximum absolute atomic E-state index is 12.4. The van der Waals surface area contributed by atoms with Crippen LogP contribution in [-0.4, -0.2) is 45.9 Å². The highest BCUT2D eigenvalue weighted by atomic mass is 16.4. The number of hydrogen-bond donors (Lipinski definition) is 2. The normalized spacial score (nSPS) is 25.3. The Morgan fingerprint density at radius 3 is 2.55 bits per heavy atom. The van der Waals surface area contributed by atoms with Crippen molar-refractivity contribution in [3.8, 4) is 0 Å². The van der Waals surface area contributed by atoms with Crippen molar-refractivity contribution in [3.05, 3.63) is 0 Å². The molecule has 2 amide bonds. The van der Waals surface area contributed by atoms with Gasteiger partial charge >= 0.3 is 5.97 Å². The number of carbonyl (C=O) groups excluding carboxylic acids is 2. The highest BCUT2D eigenvalue weighted by Gasteiger charge is 2.42. The molecule has 0 spiro atoms. The first-order valence-electron chi connectivity index (χ1n) is 8.22. The second-order valence-electron chi connectivity index (χ2n) is 6.76. The van der Waals surface area contributed by atoms with E-state index >= 15 is 0 Å². The van der Waals surface area contributed by atoms with Crippen LogP contribution in [-0.2, 0) is 14.4 Å². The number of hydrogen-bond acceptors (Lipinski definition) is 3. The molecule has 0 bridgehead atoms. The topological polar surface area (TPSA) is 86.7 Å². The zero-order valence-corrected chi connectivity index (χ0v) is 13.4. The molecule has 1 aliphatic carbocycles. The minimum Gasteiger partial charge on any atom is -0.480 e. The van der Waals surface area contributed by atoms with Crippen LogP contribution in [0.4, 0.5) is 0 Å². The highest BCUT2D eigenvalue weighted by Crippen LogP contribution is 2.30. The molecule has 124 valence electrons. The first kappa shape index (κ1) is 16.8. The Labute approximate surface area is 131 Å². The number of carboxylic acids is 1. The number of rotatable bonds is 6. The Hall–Kier alpha value is -1.59. The molecule has 6 heteroatoms. The fourth-order valence-electron chi connectivity index (χ4n) is 3.57. The van der Waals surface area contributed by atoms with Crippen LogP contribution in [0.5, 0.6) is 0 Å². The number of amides is 2. The molecule has 2 aliphatic rings. The van der Waals surface area contributed by atoms with Gasteiger partial charge in [0.25, 0.3) is 0 Å². The Kier molecular flexibility index (Phi) is 5.08. The lowest BCUT2D eigenvalue weighted by Crippen LogP contribution is -2.54. The summed E-state index contributed by atoms with van der Waals surface area (Å²) in [5.41, 5.74) is -1.25. The fourth-order valence-corrected chi connectivity index (χ4v) is 3.57. The van der Waals surface area contributed by atoms with Gasteiger partial charge in [-0.25, -0.2) is 4.79 Å². The first-order valence-corrected chi connectivity index (χ1v) is 8.22. The van der Waals surface area contributed by atoms with Gasteiger partial charge in [0.05, 0.1) is 5.92 Å². The maximum Gasteiger partial charge on any atom is 0.329 e. The van der Waals surface area contributed by atoms with Crippen LogP contribution in [0.2, 0.25) is 0 Å². The zero-order valence-electron chi connectivity index (χ0n) is 13.4. The summed E-state index contributed by atoms with van der Waals surface area (Å²) in [5, 5.41) is 12.0. The van der Waals surface area contributed by atoms with Crippen molar-refractivity contribution in [2.75, 3.05) is 6.54 Å². The van der Waals surface area contributed by atoms with E-state index in [4.69, 9.17) is 0 Å². The zero-order chi connectivity index (χ0) is 16.3. The second kappa shape index (κ2) is 6.67. The molecule has 1 saturated carbocycles. The largest absolute Gasteiger partial charge is 0.480 e. The summed E-state index contributed by atoms with van der Waals surface area (Å²) in [7, 11) is 0. The Bertz CT molecular complexity index is 459. The quantitative estimate of drug-likeness (QED) is 0.779. The Morgan fingerprint density at radius 1 is 1.36 bits per heavy atom. The summed E-state index contributed by atoms with van der Waals surface area (Å²) in [6.45, 7) is 3.84. The van der Waals surface area contributed by atoms with Crippen molar-refractivity contribution in [1.29, 1.82) is 0 Å². The van der Waals surface area contributed by atoms with Gasteiger partial charge in [-0.3, -0.25) is 9.59 Å². The number of carbonyl (C=O) groups is 3. The van der Waals surface area contributed by atoms with Crippen LogP contribution in [0.25, 0.3) is 0 Å². The van der Waals surface area contributed by atoms with E-state index in [9.17, 15) is 19.5 Å². The summed E-state index contributed by atoms with van der Waals surface area (Å²) in [6, 6.07) is 0.270. The highest BCUT2D eigenvalue weighted by molar-refractivity contribution is 5.92. The van der Waals surface area contributed by atoms with Crippen LogP contribution in [0.3, 0.4) is 0 Å². The van der Waals surface area contributed by atoms with Crippen LogP contribution in [0.1, 0.15) is 58.8 Å². The molecule has 2 N–H and O–H groups in total. The van der Waals surface area contributed by atoms with Crippen LogP contribution in [0, 0.1) is 5.92 Å². The number of carboxylic acid groups (broad SMARTS) is 1. The second-order valence-corrected chi connectivity index (χ2v) is 6.76. The van der Waals surface area contributed by atoms with E-state index < -0.39 is 17.4 Å². The SMILES string of the molecule is CCCC(C)(NC(=O)C1CC(=O)N(C2CCCC2)C1)C(=O)O. The van der Waals surface area contributed by atoms with Crippen molar-refractivity contribution in [3.63, 3.8) is 0 Å². The van der Waals surface area contributed by atoms with Gasteiger partial charge in [0.15, 0.2) is 0 Å². The summed E-state index contributed by atoms with van der Waals surface area (Å²) < 4.78 is 0. The molecule has 1 aliphatic heterocycles. The lowest BCUT2D eigenvalue weighted by molar-refractivity contribution is -0.147. The van der Waals surface area contributed by atoms with Crippen molar-refractivity contribution in [2.24, 2.45) is 5.92 Å². The third-order valence-electron chi connectivity index (χ3n) is 4.92. The van der Waals surface area contributed by atoms with E-state index in [0.29, 0.717) is 19.4 Å². The predicted molar refractivity (Wildman–Crippen MR) is 81.2 cm³/mol. The number of likely N-dealkylation sites (tertiary alicyclic amines) is 1. The molecule has 6 nitrogen and oxygen atoms in total. The Balaban J connectivity index is 1.98. The number of nitrogens with zero attached hydrogens (tertiary/aromatic N) is 1. The van der Waals surface area contributed by atoms with Gasteiger partial charge in [0.1, 0.15) is 5.54 Å². The molecular weight excluding hydrogens is 284 g/mol. The first-order chi connectivity index (χ1) is 10.4. The van der Waals surface area contributed by atoms with Gasteiger partial charge < -0.3 is 15.3 Å². The van der Waals surface area contributed by atoms with Gasteiger partial charge in [0, 0.05) is 19.0 Å². The van der Waals surface area contributed by atoms with Crippen molar-refractivity contribution >= 4 is 17.8 Å². The summed E-state index contributed by atoms with van der Waals surface area (Å²) in [5.74, 6) is -1.74. The molecule has 0 aromatic rings. The Morgan fingerprint density at radius 2 is 2.00 bits per heavy atom. The van der Waals surface area contributed by atoms with E-state index in [1.165, 1.54) is 6.92 Å². The van der Waals surface area contributed by atoms with E-state index in [0.717, 1.165) is 25.7 Å². The minimum absolute atomic E-state index is 0.0274. The predicted octanol–water partition coefficient (Wildman–Crippen LogP) is 1.54. The van der Waals surface area contributed by atoms with Gasteiger partial charge in [-0.2, -0.15) is 0 Å². The fraction of sp³-hybridized carbons (Fsp3) is 0.812. The monoisotopic (exact) mass is 310 g/mol. The average Bonchev–Trinajstić information content (AvgIpc) is 3.07. The molecule has 22 heavy (non-hydrogen) atoms. The average molecular weight is 310 g/mol. The minimum atomic E-state index is -1.25. The molecule has 2 unspecified atom stereocenters. The summed E-state index contributed by atoms with van der Waals surface area (Å²) in [6.07, 6.45) is 5.55. The standard InChI is InChI=1S/C16H26N2O4/c1-3-8-16(2,15(21)22)17-14(20)11-9-13(19)18(10-11)12-6-4-5-7-12/h11-12H,3-10H2,1-2H3,(H,17,20)(H,21,22). The van der Waals surface area contributed by atoms with E-state index in [2.05, 4.69) is 5.32 Å². The smallest absolute Gasteiger partial charge is 0.329 e. The third kappa shape index (κ3) is 3.42. The molecule has 2 rings (SSSR count). The summed E-state index contributed by atoms with van der Waals surface area (Å²) in [4.78, 5) is 37.8. The molecule has 0 radical (unpaired) electrons. The number of nitrogens with one attached hydrogen (secondary N) is 1. The van der Waals surface area contributed by atoms with Gasteiger partial charge in [0.2, 0.25) is 11.8 Å². The molecule has 1 heterocycles. The molecule has 2 atom stereocenters. The van der Waals surface area contributed by atoms with Gasteiger partial charge in [-0.15, -0.1) is 0 Å². The molecule has 2 fully saturated rings. The maximum atomic E-state index is 12.4.